The average Bonchev–Trinajstić information content (AvgIpc) is 2.50. The predicted octanol–water partition coefficient (Wildman–Crippen LogP) is 0.867. The summed E-state index contributed by atoms with van der Waals surface area (Å²) in [6.07, 6.45) is 2.11. The molecule has 2 fully saturated rings. The second-order valence-corrected chi connectivity index (χ2v) is 7.00. The highest BCUT2D eigenvalue weighted by atomic mass is 16.3. The van der Waals surface area contributed by atoms with Crippen LogP contribution < -0.4 is 5.43 Å². The van der Waals surface area contributed by atoms with E-state index in [0.717, 1.165) is 32.4 Å². The molecule has 0 bridgehead atoms. The third kappa shape index (κ3) is 3.19. The summed E-state index contributed by atoms with van der Waals surface area (Å²) in [5, 5.41) is 10.5. The number of rotatable bonds is 1. The number of carbonyl (C=O) groups excluding carboxylic acids is 1. The van der Waals surface area contributed by atoms with Gasteiger partial charge in [-0.2, -0.15) is 0 Å². The minimum absolute atomic E-state index is 0.0886. The molecule has 0 radical (unpaired) electrons. The first-order valence-corrected chi connectivity index (χ1v) is 8.17. The van der Waals surface area contributed by atoms with Crippen LogP contribution >= 0.6 is 0 Å². The third-order valence-corrected chi connectivity index (χ3v) is 5.07. The first-order valence-electron chi connectivity index (χ1n) is 8.17. The molecule has 1 N–H and O–H groups in total. The van der Waals surface area contributed by atoms with E-state index in [2.05, 4.69) is 4.90 Å². The molecular formula is C17H24N2O4. The highest BCUT2D eigenvalue weighted by Crippen LogP contribution is 2.38. The van der Waals surface area contributed by atoms with Crippen LogP contribution in [0.15, 0.2) is 21.3 Å². The monoisotopic (exact) mass is 320 g/mol. The van der Waals surface area contributed by atoms with Crippen molar-refractivity contribution in [3.63, 3.8) is 0 Å². The van der Waals surface area contributed by atoms with Crippen LogP contribution in [0.5, 0.6) is 0 Å². The lowest BCUT2D eigenvalue weighted by atomic mass is 9.71. The Morgan fingerprint density at radius 1 is 1.35 bits per heavy atom. The zero-order chi connectivity index (χ0) is 16.6. The summed E-state index contributed by atoms with van der Waals surface area (Å²) in [4.78, 5) is 28.3. The molecular weight excluding hydrogens is 296 g/mol. The summed E-state index contributed by atoms with van der Waals surface area (Å²) in [5.74, 6) is 0.265. The molecule has 2 aliphatic rings. The Kier molecular flexibility index (Phi) is 4.29. The van der Waals surface area contributed by atoms with Gasteiger partial charge in [0, 0.05) is 43.7 Å². The number of aryl methyl sites for hydroxylation is 1. The summed E-state index contributed by atoms with van der Waals surface area (Å²) < 4.78 is 5.43. The van der Waals surface area contributed by atoms with Crippen LogP contribution in [0, 0.1) is 12.3 Å². The SMILES string of the molecule is Cc1cc(=O)cc(C(=O)N2CCC[C@]3(CN(C)CC[C@@H]3O)C2)o1. The van der Waals surface area contributed by atoms with Gasteiger partial charge in [0.1, 0.15) is 5.76 Å². The maximum absolute atomic E-state index is 12.7. The highest BCUT2D eigenvalue weighted by Gasteiger charge is 2.45. The van der Waals surface area contributed by atoms with Gasteiger partial charge >= 0.3 is 0 Å². The Labute approximate surface area is 135 Å². The summed E-state index contributed by atoms with van der Waals surface area (Å²) >= 11 is 0. The Hall–Kier alpha value is -1.66. The van der Waals surface area contributed by atoms with Crippen LogP contribution in [0.2, 0.25) is 0 Å². The van der Waals surface area contributed by atoms with Gasteiger partial charge in [-0.1, -0.05) is 0 Å². The van der Waals surface area contributed by atoms with Gasteiger partial charge in [0.05, 0.1) is 6.10 Å². The molecule has 1 aromatic heterocycles. The van der Waals surface area contributed by atoms with E-state index < -0.39 is 0 Å². The lowest BCUT2D eigenvalue weighted by Crippen LogP contribution is -2.59. The van der Waals surface area contributed by atoms with Crippen LogP contribution in [0.4, 0.5) is 0 Å². The van der Waals surface area contributed by atoms with Crippen LogP contribution in [0.3, 0.4) is 0 Å². The number of piperidine rings is 2. The van der Waals surface area contributed by atoms with Gasteiger partial charge in [0.25, 0.3) is 5.91 Å². The first kappa shape index (κ1) is 16.2. The molecule has 23 heavy (non-hydrogen) atoms. The summed E-state index contributed by atoms with van der Waals surface area (Å²) in [6.45, 7) is 4.47. The molecule has 1 spiro atoms. The molecule has 0 aliphatic carbocycles. The predicted molar refractivity (Wildman–Crippen MR) is 85.4 cm³/mol. The van der Waals surface area contributed by atoms with Gasteiger partial charge in [-0.3, -0.25) is 9.59 Å². The number of aliphatic hydroxyl groups excluding tert-OH is 1. The standard InChI is InChI=1S/C17H24N2O4/c1-12-8-13(20)9-14(23-12)16(22)19-6-3-5-17(11-19)10-18(2)7-4-15(17)21/h8-9,15,21H,3-7,10-11H2,1-2H3/t15-,17-/m0/s1. The van der Waals surface area contributed by atoms with Crippen molar-refractivity contribution in [2.45, 2.75) is 32.3 Å². The Morgan fingerprint density at radius 3 is 2.87 bits per heavy atom. The molecule has 0 saturated carbocycles. The van der Waals surface area contributed by atoms with E-state index >= 15 is 0 Å². The van der Waals surface area contributed by atoms with E-state index in [1.807, 2.05) is 7.05 Å². The Bertz CT molecular complexity index is 656. The topological polar surface area (TPSA) is 74.0 Å². The molecule has 2 aliphatic heterocycles. The third-order valence-electron chi connectivity index (χ3n) is 5.07. The molecule has 3 rings (SSSR count). The van der Waals surface area contributed by atoms with Crippen molar-refractivity contribution < 1.29 is 14.3 Å². The van der Waals surface area contributed by atoms with Crippen molar-refractivity contribution in [2.75, 3.05) is 33.2 Å². The maximum Gasteiger partial charge on any atom is 0.289 e. The van der Waals surface area contributed by atoms with Crippen LogP contribution in [-0.4, -0.2) is 60.1 Å². The molecule has 6 nitrogen and oxygen atoms in total. The van der Waals surface area contributed by atoms with Gasteiger partial charge in [-0.25, -0.2) is 0 Å². The van der Waals surface area contributed by atoms with Gasteiger partial charge in [-0.15, -0.1) is 0 Å². The summed E-state index contributed by atoms with van der Waals surface area (Å²) in [6, 6.07) is 2.62. The molecule has 2 atom stereocenters. The molecule has 1 amide bonds. The second-order valence-electron chi connectivity index (χ2n) is 7.00. The fourth-order valence-electron chi connectivity index (χ4n) is 3.97. The number of nitrogens with zero attached hydrogens (tertiary/aromatic N) is 2. The number of hydrogen-bond donors (Lipinski definition) is 1. The lowest BCUT2D eigenvalue weighted by Gasteiger charge is -2.50. The van der Waals surface area contributed by atoms with Gasteiger partial charge < -0.3 is 19.3 Å². The van der Waals surface area contributed by atoms with E-state index in [9.17, 15) is 14.7 Å². The molecule has 6 heteroatoms. The fraction of sp³-hybridized carbons (Fsp3) is 0.647. The van der Waals surface area contributed by atoms with Gasteiger partial charge in [0.2, 0.25) is 0 Å². The van der Waals surface area contributed by atoms with Crippen LogP contribution in [0.1, 0.15) is 35.6 Å². The van der Waals surface area contributed by atoms with E-state index in [1.165, 1.54) is 12.1 Å². The van der Waals surface area contributed by atoms with E-state index in [4.69, 9.17) is 4.42 Å². The minimum Gasteiger partial charge on any atom is -0.456 e. The number of aliphatic hydroxyl groups is 1. The highest BCUT2D eigenvalue weighted by molar-refractivity contribution is 5.91. The van der Waals surface area contributed by atoms with Crippen molar-refractivity contribution in [2.24, 2.45) is 5.41 Å². The Balaban J connectivity index is 1.83. The fourth-order valence-corrected chi connectivity index (χ4v) is 3.97. The maximum atomic E-state index is 12.7. The van der Waals surface area contributed by atoms with Gasteiger partial charge in [0.15, 0.2) is 11.2 Å². The van der Waals surface area contributed by atoms with Gasteiger partial charge in [-0.05, 0) is 33.2 Å². The molecule has 0 aromatic carbocycles. The zero-order valence-electron chi connectivity index (χ0n) is 13.7. The smallest absolute Gasteiger partial charge is 0.289 e. The average molecular weight is 320 g/mol. The second kappa shape index (κ2) is 6.09. The molecule has 126 valence electrons. The quantitative estimate of drug-likeness (QED) is 0.831. The van der Waals surface area contributed by atoms with E-state index in [0.29, 0.717) is 18.8 Å². The lowest BCUT2D eigenvalue weighted by molar-refractivity contribution is -0.0734. The number of carbonyl (C=O) groups is 1. The number of likely N-dealkylation sites (tertiary alicyclic amines) is 2. The summed E-state index contributed by atoms with van der Waals surface area (Å²) in [5.41, 5.74) is -0.494. The number of hydrogen-bond acceptors (Lipinski definition) is 5. The van der Waals surface area contributed by atoms with Crippen molar-refractivity contribution in [3.05, 3.63) is 33.9 Å². The van der Waals surface area contributed by atoms with Crippen molar-refractivity contribution in [1.82, 2.24) is 9.80 Å². The Morgan fingerprint density at radius 2 is 2.13 bits per heavy atom. The first-order chi connectivity index (χ1) is 10.9. The molecule has 2 saturated heterocycles. The molecule has 0 unspecified atom stereocenters. The zero-order valence-corrected chi connectivity index (χ0v) is 13.7. The normalized spacial score (nSPS) is 29.0. The summed E-state index contributed by atoms with van der Waals surface area (Å²) in [7, 11) is 2.05. The van der Waals surface area contributed by atoms with E-state index in [1.54, 1.807) is 11.8 Å². The van der Waals surface area contributed by atoms with Crippen molar-refractivity contribution in [1.29, 1.82) is 0 Å². The van der Waals surface area contributed by atoms with Crippen molar-refractivity contribution in [3.8, 4) is 0 Å². The molecule has 3 heterocycles. The van der Waals surface area contributed by atoms with E-state index in [-0.39, 0.29) is 28.6 Å². The minimum atomic E-state index is -0.390. The largest absolute Gasteiger partial charge is 0.456 e. The van der Waals surface area contributed by atoms with Crippen molar-refractivity contribution >= 4 is 5.91 Å². The van der Waals surface area contributed by atoms with Crippen LogP contribution in [-0.2, 0) is 0 Å². The van der Waals surface area contributed by atoms with Crippen LogP contribution in [0.25, 0.3) is 0 Å². The molecule has 1 aromatic rings. The number of amides is 1.